The van der Waals surface area contributed by atoms with Gasteiger partial charge in [0.05, 0.1) is 0 Å². The molecule has 86 valence electrons. The lowest BCUT2D eigenvalue weighted by Crippen LogP contribution is -2.02. The molecule has 0 saturated heterocycles. The molecule has 0 radical (unpaired) electrons. The van der Waals surface area contributed by atoms with Gasteiger partial charge in [-0.05, 0) is 48.4 Å². The first-order valence-electron chi connectivity index (χ1n) is 6.21. The maximum Gasteiger partial charge on any atom is 0.0484 e. The maximum atomic E-state index is 6.24. The highest BCUT2D eigenvalue weighted by molar-refractivity contribution is 6.33. The molecule has 0 N–H and O–H groups in total. The summed E-state index contributed by atoms with van der Waals surface area (Å²) in [5.41, 5.74) is 5.42. The van der Waals surface area contributed by atoms with Crippen molar-refractivity contribution in [3.63, 3.8) is 0 Å². The van der Waals surface area contributed by atoms with Gasteiger partial charge in [0, 0.05) is 10.6 Å². The van der Waals surface area contributed by atoms with Gasteiger partial charge in [0.1, 0.15) is 0 Å². The molecule has 0 saturated carbocycles. The topological polar surface area (TPSA) is 0 Å². The van der Waals surface area contributed by atoms with E-state index in [1.165, 1.54) is 42.4 Å². The van der Waals surface area contributed by atoms with Crippen LogP contribution in [0.5, 0.6) is 0 Å². The van der Waals surface area contributed by atoms with Gasteiger partial charge in [-0.2, -0.15) is 0 Å². The van der Waals surface area contributed by atoms with Gasteiger partial charge in [-0.3, -0.25) is 0 Å². The van der Waals surface area contributed by atoms with E-state index in [0.29, 0.717) is 0 Å². The molecule has 1 aliphatic carbocycles. The molecule has 2 aromatic carbocycles. The lowest BCUT2D eigenvalue weighted by Gasteiger charge is -2.17. The Labute approximate surface area is 107 Å². The highest BCUT2D eigenvalue weighted by atomic mass is 35.5. The summed E-state index contributed by atoms with van der Waals surface area (Å²) < 4.78 is 0. The molecule has 0 atom stereocenters. The van der Waals surface area contributed by atoms with Crippen molar-refractivity contribution in [3.8, 4) is 11.1 Å². The van der Waals surface area contributed by atoms with Crippen LogP contribution in [0, 0.1) is 0 Å². The van der Waals surface area contributed by atoms with Crippen LogP contribution in [0.4, 0.5) is 0 Å². The van der Waals surface area contributed by atoms with Crippen LogP contribution in [0.1, 0.15) is 24.0 Å². The summed E-state index contributed by atoms with van der Waals surface area (Å²) >= 11 is 6.24. The highest BCUT2D eigenvalue weighted by Crippen LogP contribution is 2.31. The minimum atomic E-state index is 0.836. The molecule has 0 nitrogen and oxygen atoms in total. The number of halogens is 1. The van der Waals surface area contributed by atoms with Crippen molar-refractivity contribution in [1.29, 1.82) is 0 Å². The van der Waals surface area contributed by atoms with E-state index in [-0.39, 0.29) is 0 Å². The first kappa shape index (κ1) is 10.9. The Bertz CT molecular complexity index is 543. The van der Waals surface area contributed by atoms with E-state index >= 15 is 0 Å². The third kappa shape index (κ3) is 2.10. The molecule has 0 spiro atoms. The number of rotatable bonds is 1. The minimum absolute atomic E-state index is 0.836. The Balaban J connectivity index is 2.07. The number of hydrogen-bond acceptors (Lipinski definition) is 0. The van der Waals surface area contributed by atoms with Crippen LogP contribution in [0.25, 0.3) is 11.1 Å². The third-order valence-corrected chi connectivity index (χ3v) is 3.86. The van der Waals surface area contributed by atoms with E-state index < -0.39 is 0 Å². The lowest BCUT2D eigenvalue weighted by molar-refractivity contribution is 0.686. The molecular formula is C16H15Cl. The Morgan fingerprint density at radius 1 is 0.824 bits per heavy atom. The third-order valence-electron chi connectivity index (χ3n) is 3.53. The molecule has 0 amide bonds. The molecule has 0 heterocycles. The Hall–Kier alpha value is -1.27. The zero-order chi connectivity index (χ0) is 11.7. The largest absolute Gasteiger partial charge is 0.0837 e. The summed E-state index contributed by atoms with van der Waals surface area (Å²) in [6.45, 7) is 0. The fraction of sp³-hybridized carbons (Fsp3) is 0.250. The summed E-state index contributed by atoms with van der Waals surface area (Å²) in [6.07, 6.45) is 5.10. The molecular weight excluding hydrogens is 228 g/mol. The van der Waals surface area contributed by atoms with Crippen LogP contribution in [0.2, 0.25) is 5.02 Å². The van der Waals surface area contributed by atoms with Crippen LogP contribution in [-0.2, 0) is 12.8 Å². The highest BCUT2D eigenvalue weighted by Gasteiger charge is 2.11. The molecule has 0 unspecified atom stereocenters. The molecule has 0 fully saturated rings. The fourth-order valence-corrected chi connectivity index (χ4v) is 2.84. The fourth-order valence-electron chi connectivity index (χ4n) is 2.60. The predicted octanol–water partition coefficient (Wildman–Crippen LogP) is 4.89. The Kier molecular flexibility index (Phi) is 2.90. The molecule has 0 aliphatic heterocycles. The van der Waals surface area contributed by atoms with E-state index in [0.717, 1.165) is 10.6 Å². The summed E-state index contributed by atoms with van der Waals surface area (Å²) in [4.78, 5) is 0. The minimum Gasteiger partial charge on any atom is -0.0837 e. The van der Waals surface area contributed by atoms with Crippen LogP contribution >= 0.6 is 11.6 Å². The van der Waals surface area contributed by atoms with Gasteiger partial charge in [0.2, 0.25) is 0 Å². The zero-order valence-electron chi connectivity index (χ0n) is 9.75. The van der Waals surface area contributed by atoms with E-state index in [2.05, 4.69) is 24.3 Å². The maximum absolute atomic E-state index is 6.24. The summed E-state index contributed by atoms with van der Waals surface area (Å²) in [6, 6.07) is 14.8. The average molecular weight is 243 g/mol. The molecule has 2 aromatic rings. The van der Waals surface area contributed by atoms with Crippen molar-refractivity contribution < 1.29 is 0 Å². The van der Waals surface area contributed by atoms with Crippen molar-refractivity contribution in [2.24, 2.45) is 0 Å². The SMILES string of the molecule is Clc1ccccc1-c1ccc2c(c1)CCCC2. The van der Waals surface area contributed by atoms with Crippen LogP contribution in [-0.4, -0.2) is 0 Å². The second kappa shape index (κ2) is 4.54. The van der Waals surface area contributed by atoms with Gasteiger partial charge in [0.25, 0.3) is 0 Å². The summed E-state index contributed by atoms with van der Waals surface area (Å²) in [5.74, 6) is 0. The smallest absolute Gasteiger partial charge is 0.0484 e. The van der Waals surface area contributed by atoms with E-state index in [4.69, 9.17) is 11.6 Å². The van der Waals surface area contributed by atoms with Gasteiger partial charge in [-0.25, -0.2) is 0 Å². The monoisotopic (exact) mass is 242 g/mol. The number of aryl methyl sites for hydroxylation is 2. The van der Waals surface area contributed by atoms with Crippen molar-refractivity contribution in [2.45, 2.75) is 25.7 Å². The first-order valence-corrected chi connectivity index (χ1v) is 6.59. The number of hydrogen-bond donors (Lipinski definition) is 0. The number of benzene rings is 2. The summed E-state index contributed by atoms with van der Waals surface area (Å²) in [7, 11) is 0. The van der Waals surface area contributed by atoms with Crippen molar-refractivity contribution >= 4 is 11.6 Å². The molecule has 17 heavy (non-hydrogen) atoms. The second-order valence-electron chi connectivity index (χ2n) is 4.67. The van der Waals surface area contributed by atoms with Gasteiger partial charge in [-0.1, -0.05) is 48.0 Å². The van der Waals surface area contributed by atoms with Crippen molar-refractivity contribution in [1.82, 2.24) is 0 Å². The second-order valence-corrected chi connectivity index (χ2v) is 5.08. The van der Waals surface area contributed by atoms with Crippen LogP contribution in [0.3, 0.4) is 0 Å². The number of fused-ring (bicyclic) bond motifs is 1. The standard InChI is InChI=1S/C16H15Cl/c17-16-8-4-3-7-15(16)14-10-9-12-5-1-2-6-13(12)11-14/h3-4,7-11H,1-2,5-6H2. The Morgan fingerprint density at radius 2 is 1.59 bits per heavy atom. The van der Waals surface area contributed by atoms with Gasteiger partial charge in [0.15, 0.2) is 0 Å². The zero-order valence-corrected chi connectivity index (χ0v) is 10.5. The van der Waals surface area contributed by atoms with Gasteiger partial charge in [-0.15, -0.1) is 0 Å². The molecule has 0 aromatic heterocycles. The van der Waals surface area contributed by atoms with Crippen molar-refractivity contribution in [2.75, 3.05) is 0 Å². The molecule has 1 aliphatic rings. The normalized spacial score (nSPS) is 14.4. The van der Waals surface area contributed by atoms with Gasteiger partial charge < -0.3 is 0 Å². The first-order chi connectivity index (χ1) is 8.34. The molecule has 1 heteroatoms. The van der Waals surface area contributed by atoms with E-state index in [1.807, 2.05) is 18.2 Å². The Morgan fingerprint density at radius 3 is 2.41 bits per heavy atom. The van der Waals surface area contributed by atoms with Crippen LogP contribution in [0.15, 0.2) is 42.5 Å². The molecule has 0 bridgehead atoms. The average Bonchev–Trinajstić information content (AvgIpc) is 2.39. The van der Waals surface area contributed by atoms with E-state index in [9.17, 15) is 0 Å². The van der Waals surface area contributed by atoms with Crippen molar-refractivity contribution in [3.05, 3.63) is 58.6 Å². The predicted molar refractivity (Wildman–Crippen MR) is 73.5 cm³/mol. The summed E-state index contributed by atoms with van der Waals surface area (Å²) in [5, 5.41) is 0.836. The van der Waals surface area contributed by atoms with Gasteiger partial charge >= 0.3 is 0 Å². The quantitative estimate of drug-likeness (QED) is 0.668. The lowest BCUT2D eigenvalue weighted by atomic mass is 9.89. The van der Waals surface area contributed by atoms with Crippen LogP contribution < -0.4 is 0 Å². The van der Waals surface area contributed by atoms with E-state index in [1.54, 1.807) is 0 Å². The molecule has 3 rings (SSSR count).